The molecule has 0 amide bonds. The normalized spacial score (nSPS) is 9.30. The van der Waals surface area contributed by atoms with Gasteiger partial charge in [0.1, 0.15) is 5.78 Å². The molecule has 0 rings (SSSR count). The van der Waals surface area contributed by atoms with Crippen LogP contribution in [0.25, 0.3) is 0 Å². The van der Waals surface area contributed by atoms with Crippen molar-refractivity contribution in [2.45, 2.75) is 13.3 Å². The molecule has 0 atom stereocenters. The summed E-state index contributed by atoms with van der Waals surface area (Å²) in [5, 5.41) is 10.7. The molecule has 0 aromatic rings. The Hall–Kier alpha value is -0.900. The molecule has 0 spiro atoms. The van der Waals surface area contributed by atoms with Gasteiger partial charge in [-0.1, -0.05) is 0 Å². The fourth-order valence-electron chi connectivity index (χ4n) is 0.460. The lowest BCUT2D eigenvalue weighted by Gasteiger charge is -1.96. The molecule has 0 saturated carbocycles. The molecule has 0 aromatic heterocycles. The molecular weight excluding hydrogens is 134 g/mol. The van der Waals surface area contributed by atoms with Crippen molar-refractivity contribution < 1.29 is 14.7 Å². The van der Waals surface area contributed by atoms with E-state index in [0.717, 1.165) is 0 Å². The van der Waals surface area contributed by atoms with Gasteiger partial charge in [-0.2, -0.15) is 0 Å². The predicted molar refractivity (Wildman–Crippen MR) is 35.8 cm³/mol. The minimum Gasteiger partial charge on any atom is -0.480 e. The van der Waals surface area contributed by atoms with E-state index in [9.17, 15) is 9.59 Å². The van der Waals surface area contributed by atoms with Gasteiger partial charge in [0, 0.05) is 13.0 Å². The Morgan fingerprint density at radius 3 is 2.50 bits per heavy atom. The largest absolute Gasteiger partial charge is 0.480 e. The lowest BCUT2D eigenvalue weighted by molar-refractivity contribution is -0.136. The number of rotatable bonds is 5. The molecule has 0 unspecified atom stereocenters. The molecule has 4 nitrogen and oxygen atoms in total. The molecule has 0 radical (unpaired) electrons. The van der Waals surface area contributed by atoms with Crippen LogP contribution < -0.4 is 5.32 Å². The highest BCUT2D eigenvalue weighted by molar-refractivity contribution is 5.75. The van der Waals surface area contributed by atoms with Crippen molar-refractivity contribution in [3.8, 4) is 0 Å². The Bertz CT molecular complexity index is 117. The van der Waals surface area contributed by atoms with Crippen LogP contribution >= 0.6 is 0 Å². The molecule has 2 N–H and O–H groups in total. The fraction of sp³-hybridized carbons (Fsp3) is 0.667. The second-order valence-corrected chi connectivity index (χ2v) is 2.02. The van der Waals surface area contributed by atoms with E-state index in [0.29, 0.717) is 13.0 Å². The summed E-state index contributed by atoms with van der Waals surface area (Å²) in [5.41, 5.74) is 0. The Labute approximate surface area is 59.2 Å². The standard InChI is InChI=1S/C6H11NO3/c1-5(8)2-3-7-4-6(9)10/h7H,2-4H2,1H3,(H,9,10). The minimum atomic E-state index is -0.899. The summed E-state index contributed by atoms with van der Waals surface area (Å²) in [7, 11) is 0. The SMILES string of the molecule is CC(=O)CCNCC(=O)O. The topological polar surface area (TPSA) is 66.4 Å². The van der Waals surface area contributed by atoms with Crippen LogP contribution in [0.3, 0.4) is 0 Å². The maximum Gasteiger partial charge on any atom is 0.317 e. The van der Waals surface area contributed by atoms with E-state index in [1.807, 2.05) is 0 Å². The molecule has 0 saturated heterocycles. The molecule has 0 aromatic carbocycles. The van der Waals surface area contributed by atoms with Crippen LogP contribution in [0.2, 0.25) is 0 Å². The van der Waals surface area contributed by atoms with Crippen LogP contribution in [0.15, 0.2) is 0 Å². The van der Waals surface area contributed by atoms with Crippen LogP contribution in [0.1, 0.15) is 13.3 Å². The van der Waals surface area contributed by atoms with Gasteiger partial charge < -0.3 is 10.4 Å². The summed E-state index contributed by atoms with van der Waals surface area (Å²) in [5.74, 6) is -0.832. The van der Waals surface area contributed by atoms with Crippen molar-refractivity contribution in [3.05, 3.63) is 0 Å². The van der Waals surface area contributed by atoms with Crippen molar-refractivity contribution in [2.24, 2.45) is 0 Å². The van der Waals surface area contributed by atoms with Gasteiger partial charge in [0.2, 0.25) is 0 Å². The highest BCUT2D eigenvalue weighted by Gasteiger charge is 1.95. The first-order chi connectivity index (χ1) is 4.63. The summed E-state index contributed by atoms with van der Waals surface area (Å²) in [6.45, 7) is 1.84. The lowest BCUT2D eigenvalue weighted by atomic mass is 10.3. The third-order valence-corrected chi connectivity index (χ3v) is 0.930. The highest BCUT2D eigenvalue weighted by Crippen LogP contribution is 1.76. The summed E-state index contributed by atoms with van der Waals surface area (Å²) in [6.07, 6.45) is 0.396. The van der Waals surface area contributed by atoms with Crippen LogP contribution in [0.4, 0.5) is 0 Å². The zero-order valence-corrected chi connectivity index (χ0v) is 5.89. The number of carboxylic acid groups (broad SMARTS) is 1. The number of nitrogens with one attached hydrogen (secondary N) is 1. The Morgan fingerprint density at radius 2 is 2.10 bits per heavy atom. The number of Topliss-reactive ketones (excluding diaryl/α,β-unsaturated/α-hetero) is 1. The number of carboxylic acids is 1. The van der Waals surface area contributed by atoms with Crippen molar-refractivity contribution in [2.75, 3.05) is 13.1 Å². The maximum atomic E-state index is 10.3. The molecular formula is C6H11NO3. The van der Waals surface area contributed by atoms with Gasteiger partial charge in [-0.15, -0.1) is 0 Å². The van der Waals surface area contributed by atoms with E-state index in [1.54, 1.807) is 0 Å². The average molecular weight is 145 g/mol. The van der Waals surface area contributed by atoms with E-state index in [4.69, 9.17) is 5.11 Å². The third kappa shape index (κ3) is 7.10. The highest BCUT2D eigenvalue weighted by atomic mass is 16.4. The number of carbonyl (C=O) groups is 2. The molecule has 0 aliphatic rings. The monoisotopic (exact) mass is 145 g/mol. The van der Waals surface area contributed by atoms with Gasteiger partial charge in [0.05, 0.1) is 6.54 Å². The van der Waals surface area contributed by atoms with E-state index in [2.05, 4.69) is 5.32 Å². The molecule has 0 aliphatic heterocycles. The number of hydrogen-bond acceptors (Lipinski definition) is 3. The van der Waals surface area contributed by atoms with E-state index >= 15 is 0 Å². The predicted octanol–water partition coefficient (Wildman–Crippen LogP) is -0.360. The molecule has 0 heterocycles. The summed E-state index contributed by atoms with van der Waals surface area (Å²) < 4.78 is 0. The number of carbonyl (C=O) groups excluding carboxylic acids is 1. The van der Waals surface area contributed by atoms with Gasteiger partial charge in [0.25, 0.3) is 0 Å². The van der Waals surface area contributed by atoms with Crippen molar-refractivity contribution in [3.63, 3.8) is 0 Å². The lowest BCUT2D eigenvalue weighted by Crippen LogP contribution is -2.24. The summed E-state index contributed by atoms with van der Waals surface area (Å²) >= 11 is 0. The Morgan fingerprint density at radius 1 is 1.50 bits per heavy atom. The third-order valence-electron chi connectivity index (χ3n) is 0.930. The molecule has 58 valence electrons. The van der Waals surface area contributed by atoms with Gasteiger partial charge in [-0.25, -0.2) is 0 Å². The Balaban J connectivity index is 3.06. The van der Waals surface area contributed by atoms with Crippen LogP contribution in [0, 0.1) is 0 Å². The van der Waals surface area contributed by atoms with Crippen molar-refractivity contribution in [1.29, 1.82) is 0 Å². The second kappa shape index (κ2) is 4.93. The van der Waals surface area contributed by atoms with Crippen molar-refractivity contribution in [1.82, 2.24) is 5.32 Å². The second-order valence-electron chi connectivity index (χ2n) is 2.02. The Kier molecular flexibility index (Phi) is 4.49. The van der Waals surface area contributed by atoms with E-state index in [1.165, 1.54) is 6.92 Å². The molecule has 0 bridgehead atoms. The first kappa shape index (κ1) is 9.10. The summed E-state index contributed by atoms with van der Waals surface area (Å²) in [6, 6.07) is 0. The molecule has 0 fully saturated rings. The smallest absolute Gasteiger partial charge is 0.317 e. The zero-order valence-electron chi connectivity index (χ0n) is 5.89. The van der Waals surface area contributed by atoms with Gasteiger partial charge in [-0.3, -0.25) is 9.59 Å². The molecule has 0 aliphatic carbocycles. The van der Waals surface area contributed by atoms with E-state index < -0.39 is 5.97 Å². The molecule has 10 heavy (non-hydrogen) atoms. The number of aliphatic carboxylic acids is 1. The summed E-state index contributed by atoms with van der Waals surface area (Å²) in [4.78, 5) is 20.2. The van der Waals surface area contributed by atoms with Gasteiger partial charge >= 0.3 is 5.97 Å². The van der Waals surface area contributed by atoms with Gasteiger partial charge in [-0.05, 0) is 6.92 Å². The van der Waals surface area contributed by atoms with Crippen LogP contribution in [0.5, 0.6) is 0 Å². The first-order valence-corrected chi connectivity index (χ1v) is 3.05. The maximum absolute atomic E-state index is 10.3. The van der Waals surface area contributed by atoms with Crippen LogP contribution in [-0.4, -0.2) is 29.9 Å². The van der Waals surface area contributed by atoms with Crippen LogP contribution in [-0.2, 0) is 9.59 Å². The minimum absolute atomic E-state index is 0.0675. The quantitative estimate of drug-likeness (QED) is 0.518. The molecule has 4 heteroatoms. The van der Waals surface area contributed by atoms with Gasteiger partial charge in [0.15, 0.2) is 0 Å². The first-order valence-electron chi connectivity index (χ1n) is 3.05. The average Bonchev–Trinajstić information content (AvgIpc) is 1.79. The number of hydrogen-bond donors (Lipinski definition) is 2. The number of ketones is 1. The fourth-order valence-corrected chi connectivity index (χ4v) is 0.460. The van der Waals surface area contributed by atoms with Crippen molar-refractivity contribution >= 4 is 11.8 Å². The van der Waals surface area contributed by atoms with E-state index in [-0.39, 0.29) is 12.3 Å². The zero-order chi connectivity index (χ0) is 7.98.